The molecule has 0 radical (unpaired) electrons. The lowest BCUT2D eigenvalue weighted by Crippen LogP contribution is -2.49. The number of aliphatic carboxylic acids is 1. The van der Waals surface area contributed by atoms with E-state index in [9.17, 15) is 14.7 Å². The van der Waals surface area contributed by atoms with Crippen LogP contribution in [0.3, 0.4) is 0 Å². The predicted molar refractivity (Wildman–Crippen MR) is 77.4 cm³/mol. The van der Waals surface area contributed by atoms with Crippen LogP contribution < -0.4 is 10.4 Å². The van der Waals surface area contributed by atoms with Crippen molar-refractivity contribution >= 4 is 35.4 Å². The number of carbonyl (C=O) groups excluding carboxylic acids is 2. The number of benzene rings is 1. The van der Waals surface area contributed by atoms with Gasteiger partial charge in [0.1, 0.15) is 0 Å². The molecule has 0 fully saturated rings. The standard InChI is InChI=1S/C14H16N2O3S/c17-13(16-12(8-20)14(18)19)6-5-9-7-15-11-4-2-1-3-10(9)11/h1-4,7,12,15,20H,5-6,8H2,(H,16,17)(H,18,19)/p-1/t12-/m1/s1. The zero-order chi connectivity index (χ0) is 14.5. The lowest BCUT2D eigenvalue weighted by atomic mass is 10.1. The molecule has 1 aromatic heterocycles. The second kappa shape index (κ2) is 6.47. The Hall–Kier alpha value is -1.95. The summed E-state index contributed by atoms with van der Waals surface area (Å²) in [6.45, 7) is 0. The first kappa shape index (κ1) is 14.5. The number of nitrogens with one attached hydrogen (secondary N) is 2. The maximum atomic E-state index is 11.7. The van der Waals surface area contributed by atoms with Crippen LogP contribution >= 0.6 is 12.6 Å². The smallest absolute Gasteiger partial charge is 0.220 e. The number of H-pyrrole nitrogens is 1. The SMILES string of the molecule is O=C(CCc1c[nH]c2ccccc12)N[C@H](CS)C(=O)[O-]. The molecule has 1 heterocycles. The number of amides is 1. The summed E-state index contributed by atoms with van der Waals surface area (Å²) in [4.78, 5) is 25.5. The van der Waals surface area contributed by atoms with Crippen molar-refractivity contribution in [2.75, 3.05) is 5.75 Å². The van der Waals surface area contributed by atoms with Crippen LogP contribution in [0.25, 0.3) is 10.9 Å². The van der Waals surface area contributed by atoms with Gasteiger partial charge in [-0.1, -0.05) is 18.2 Å². The highest BCUT2D eigenvalue weighted by molar-refractivity contribution is 7.80. The van der Waals surface area contributed by atoms with Gasteiger partial charge in [0.2, 0.25) is 5.91 Å². The number of aryl methyl sites for hydroxylation is 1. The van der Waals surface area contributed by atoms with Crippen molar-refractivity contribution in [1.29, 1.82) is 0 Å². The average Bonchev–Trinajstić information content (AvgIpc) is 2.85. The van der Waals surface area contributed by atoms with Gasteiger partial charge in [-0.2, -0.15) is 12.6 Å². The number of hydrogen-bond donors (Lipinski definition) is 3. The Morgan fingerprint density at radius 3 is 2.80 bits per heavy atom. The maximum absolute atomic E-state index is 11.7. The van der Waals surface area contributed by atoms with Crippen LogP contribution in [0.2, 0.25) is 0 Å². The lowest BCUT2D eigenvalue weighted by Gasteiger charge is -2.17. The highest BCUT2D eigenvalue weighted by Gasteiger charge is 2.12. The number of aromatic amines is 1. The van der Waals surface area contributed by atoms with Crippen molar-refractivity contribution in [1.82, 2.24) is 10.3 Å². The van der Waals surface area contributed by atoms with Crippen LogP contribution in [-0.2, 0) is 16.0 Å². The first-order valence-corrected chi connectivity index (χ1v) is 6.91. The highest BCUT2D eigenvalue weighted by Crippen LogP contribution is 2.18. The van der Waals surface area contributed by atoms with Gasteiger partial charge < -0.3 is 20.2 Å². The predicted octanol–water partition coefficient (Wildman–Crippen LogP) is 0.265. The minimum atomic E-state index is -1.32. The number of rotatable bonds is 6. The van der Waals surface area contributed by atoms with E-state index in [0.717, 1.165) is 16.5 Å². The van der Waals surface area contributed by atoms with Crippen molar-refractivity contribution in [3.8, 4) is 0 Å². The van der Waals surface area contributed by atoms with Crippen LogP contribution in [0.15, 0.2) is 30.5 Å². The Morgan fingerprint density at radius 2 is 2.10 bits per heavy atom. The monoisotopic (exact) mass is 291 g/mol. The van der Waals surface area contributed by atoms with Crippen molar-refractivity contribution in [3.05, 3.63) is 36.0 Å². The molecule has 1 atom stereocenters. The zero-order valence-corrected chi connectivity index (χ0v) is 11.7. The second-order valence-corrected chi connectivity index (χ2v) is 4.85. The highest BCUT2D eigenvalue weighted by atomic mass is 32.1. The van der Waals surface area contributed by atoms with Gasteiger partial charge in [-0.25, -0.2) is 0 Å². The Bertz CT molecular complexity index is 624. The Kier molecular flexibility index (Phi) is 4.68. The van der Waals surface area contributed by atoms with Gasteiger partial charge in [0, 0.05) is 29.3 Å². The molecule has 0 spiro atoms. The fourth-order valence-corrected chi connectivity index (χ4v) is 2.27. The third-order valence-electron chi connectivity index (χ3n) is 3.10. The minimum absolute atomic E-state index is 0.0150. The number of thiol groups is 1. The molecule has 0 saturated carbocycles. The fraction of sp³-hybridized carbons (Fsp3) is 0.286. The van der Waals surface area contributed by atoms with Crippen molar-refractivity contribution in [2.24, 2.45) is 0 Å². The lowest BCUT2D eigenvalue weighted by molar-refractivity contribution is -0.307. The molecular formula is C14H15N2O3S-. The van der Waals surface area contributed by atoms with Crippen LogP contribution in [-0.4, -0.2) is 28.7 Å². The van der Waals surface area contributed by atoms with Gasteiger partial charge in [-0.15, -0.1) is 0 Å². The van der Waals surface area contributed by atoms with E-state index in [4.69, 9.17) is 0 Å². The third-order valence-corrected chi connectivity index (χ3v) is 3.46. The molecule has 0 saturated heterocycles. The van der Waals surface area contributed by atoms with Crippen LogP contribution in [0, 0.1) is 0 Å². The molecular weight excluding hydrogens is 276 g/mol. The normalized spacial score (nSPS) is 12.2. The van der Waals surface area contributed by atoms with Crippen molar-refractivity contribution in [3.63, 3.8) is 0 Å². The number of hydrogen-bond acceptors (Lipinski definition) is 4. The van der Waals surface area contributed by atoms with Gasteiger partial charge in [0.25, 0.3) is 0 Å². The molecule has 1 aromatic carbocycles. The molecule has 106 valence electrons. The molecule has 2 N–H and O–H groups in total. The van der Waals surface area contributed by atoms with Crippen LogP contribution in [0.5, 0.6) is 0 Å². The summed E-state index contributed by atoms with van der Waals surface area (Å²) >= 11 is 3.87. The molecule has 6 heteroatoms. The minimum Gasteiger partial charge on any atom is -0.548 e. The Labute approximate surface area is 121 Å². The summed E-state index contributed by atoms with van der Waals surface area (Å²) in [6, 6.07) is 6.77. The molecule has 0 unspecified atom stereocenters. The van der Waals surface area contributed by atoms with E-state index in [-0.39, 0.29) is 18.1 Å². The molecule has 20 heavy (non-hydrogen) atoms. The van der Waals surface area contributed by atoms with E-state index in [0.29, 0.717) is 6.42 Å². The van der Waals surface area contributed by atoms with Crippen LogP contribution in [0.1, 0.15) is 12.0 Å². The largest absolute Gasteiger partial charge is 0.548 e. The fourth-order valence-electron chi connectivity index (χ4n) is 2.03. The summed E-state index contributed by atoms with van der Waals surface area (Å²) in [7, 11) is 0. The Balaban J connectivity index is 1.95. The van der Waals surface area contributed by atoms with Crippen LogP contribution in [0.4, 0.5) is 0 Å². The topological polar surface area (TPSA) is 85.0 Å². The summed E-state index contributed by atoms with van der Waals surface area (Å²) in [5.74, 6) is -1.62. The number of carboxylic acid groups (broad SMARTS) is 1. The summed E-state index contributed by atoms with van der Waals surface area (Å²) in [5, 5.41) is 14.2. The maximum Gasteiger partial charge on any atom is 0.220 e. The Morgan fingerprint density at radius 1 is 1.35 bits per heavy atom. The van der Waals surface area contributed by atoms with E-state index in [1.54, 1.807) is 0 Å². The quantitative estimate of drug-likeness (QED) is 0.668. The molecule has 0 aliphatic rings. The van der Waals surface area contributed by atoms with E-state index in [1.165, 1.54) is 0 Å². The van der Waals surface area contributed by atoms with E-state index < -0.39 is 12.0 Å². The molecule has 0 aliphatic carbocycles. The number of aromatic nitrogens is 1. The summed E-state index contributed by atoms with van der Waals surface area (Å²) < 4.78 is 0. The number of fused-ring (bicyclic) bond motifs is 1. The molecule has 0 bridgehead atoms. The third kappa shape index (κ3) is 3.33. The number of para-hydroxylation sites is 1. The van der Waals surface area contributed by atoms with Gasteiger partial charge in [0.05, 0.1) is 12.0 Å². The summed E-state index contributed by atoms with van der Waals surface area (Å²) in [5.41, 5.74) is 2.05. The van der Waals surface area contributed by atoms with Gasteiger partial charge in [0.15, 0.2) is 0 Å². The first-order valence-electron chi connectivity index (χ1n) is 6.28. The van der Waals surface area contributed by atoms with Crippen molar-refractivity contribution < 1.29 is 14.7 Å². The van der Waals surface area contributed by atoms with Gasteiger partial charge >= 0.3 is 0 Å². The molecule has 0 aliphatic heterocycles. The first-order chi connectivity index (χ1) is 9.61. The molecule has 1 amide bonds. The second-order valence-electron chi connectivity index (χ2n) is 4.48. The van der Waals surface area contributed by atoms with Gasteiger partial charge in [-0.05, 0) is 18.1 Å². The van der Waals surface area contributed by atoms with Gasteiger partial charge in [-0.3, -0.25) is 4.79 Å². The van der Waals surface area contributed by atoms with E-state index >= 15 is 0 Å². The number of carbonyl (C=O) groups is 2. The summed E-state index contributed by atoms with van der Waals surface area (Å²) in [6.07, 6.45) is 2.63. The van der Waals surface area contributed by atoms with E-state index in [2.05, 4.69) is 22.9 Å². The van der Waals surface area contributed by atoms with Crippen molar-refractivity contribution in [2.45, 2.75) is 18.9 Å². The molecule has 2 rings (SSSR count). The molecule has 5 nitrogen and oxygen atoms in total. The van der Waals surface area contributed by atoms with E-state index in [1.807, 2.05) is 30.5 Å². The molecule has 2 aromatic rings. The zero-order valence-electron chi connectivity index (χ0n) is 10.8. The number of carboxylic acids is 1. The average molecular weight is 291 g/mol.